The Morgan fingerprint density at radius 3 is 2.68 bits per heavy atom. The molecule has 1 saturated heterocycles. The smallest absolute Gasteiger partial charge is 0.387 e. The highest BCUT2D eigenvalue weighted by Gasteiger charge is 2.22. The molecular weight excluding hydrogens is 352 g/mol. The van der Waals surface area contributed by atoms with Crippen LogP contribution in [0.3, 0.4) is 0 Å². The number of hydrogen-bond acceptors (Lipinski definition) is 4. The topological polar surface area (TPSA) is 67.6 Å². The molecular formula is C17H26ClF2N3O2. The number of halogens is 3. The summed E-state index contributed by atoms with van der Waals surface area (Å²) < 4.78 is 28.7. The van der Waals surface area contributed by atoms with Crippen molar-refractivity contribution in [2.75, 3.05) is 19.6 Å². The average Bonchev–Trinajstić information content (AvgIpc) is 2.56. The van der Waals surface area contributed by atoms with Gasteiger partial charge in [-0.15, -0.1) is 12.4 Å². The molecule has 25 heavy (non-hydrogen) atoms. The first-order valence-electron chi connectivity index (χ1n) is 8.33. The maximum Gasteiger partial charge on any atom is 0.387 e. The highest BCUT2D eigenvalue weighted by Crippen LogP contribution is 2.21. The van der Waals surface area contributed by atoms with E-state index in [1.54, 1.807) is 24.3 Å². The Labute approximate surface area is 153 Å². The molecule has 2 rings (SSSR count). The fourth-order valence-electron chi connectivity index (χ4n) is 2.96. The van der Waals surface area contributed by atoms with Gasteiger partial charge >= 0.3 is 6.61 Å². The van der Waals surface area contributed by atoms with Crippen LogP contribution in [0.2, 0.25) is 0 Å². The monoisotopic (exact) mass is 377 g/mol. The minimum absolute atomic E-state index is 0. The van der Waals surface area contributed by atoms with E-state index in [4.69, 9.17) is 5.73 Å². The number of piperidine rings is 1. The minimum Gasteiger partial charge on any atom is -0.435 e. The predicted octanol–water partition coefficient (Wildman–Crippen LogP) is 2.53. The highest BCUT2D eigenvalue weighted by atomic mass is 35.5. The number of likely N-dealkylation sites (tertiary alicyclic amines) is 1. The molecule has 142 valence electrons. The SMILES string of the molecule is Cl.NCCC(=O)NCC1CCCCN1Cc1ccc(OC(F)F)cc1. The van der Waals surface area contributed by atoms with Crippen LogP contribution in [-0.4, -0.2) is 43.1 Å². The third-order valence-corrected chi connectivity index (χ3v) is 4.19. The highest BCUT2D eigenvalue weighted by molar-refractivity contribution is 5.85. The molecule has 1 aromatic rings. The summed E-state index contributed by atoms with van der Waals surface area (Å²) in [4.78, 5) is 13.9. The number of nitrogens with one attached hydrogen (secondary N) is 1. The maximum atomic E-state index is 12.2. The number of carbonyl (C=O) groups excluding carboxylic acids is 1. The summed E-state index contributed by atoms with van der Waals surface area (Å²) in [7, 11) is 0. The predicted molar refractivity (Wildman–Crippen MR) is 95.1 cm³/mol. The minimum atomic E-state index is -2.81. The molecule has 1 aliphatic rings. The number of benzene rings is 1. The molecule has 0 aromatic heterocycles. The van der Waals surface area contributed by atoms with Crippen LogP contribution in [0.5, 0.6) is 5.75 Å². The van der Waals surface area contributed by atoms with E-state index in [0.29, 0.717) is 19.5 Å². The molecule has 3 N–H and O–H groups in total. The zero-order chi connectivity index (χ0) is 17.4. The zero-order valence-corrected chi connectivity index (χ0v) is 14.9. The van der Waals surface area contributed by atoms with Gasteiger partial charge in [0.05, 0.1) is 0 Å². The van der Waals surface area contributed by atoms with Gasteiger partial charge < -0.3 is 15.8 Å². The Hall–Kier alpha value is -1.44. The number of alkyl halides is 2. The zero-order valence-electron chi connectivity index (χ0n) is 14.1. The molecule has 8 heteroatoms. The van der Waals surface area contributed by atoms with Gasteiger partial charge in [0.25, 0.3) is 0 Å². The quantitative estimate of drug-likeness (QED) is 0.730. The summed E-state index contributed by atoms with van der Waals surface area (Å²) in [5, 5.41) is 2.94. The second-order valence-corrected chi connectivity index (χ2v) is 5.99. The Balaban J connectivity index is 0.00000312. The fourth-order valence-corrected chi connectivity index (χ4v) is 2.96. The molecule has 1 atom stereocenters. The van der Waals surface area contributed by atoms with Crippen molar-refractivity contribution in [3.8, 4) is 5.75 Å². The molecule has 1 aliphatic heterocycles. The number of hydrogen-bond donors (Lipinski definition) is 2. The van der Waals surface area contributed by atoms with Gasteiger partial charge in [0.2, 0.25) is 5.91 Å². The summed E-state index contributed by atoms with van der Waals surface area (Å²) in [5.41, 5.74) is 6.42. The van der Waals surface area contributed by atoms with Crippen molar-refractivity contribution in [1.29, 1.82) is 0 Å². The Morgan fingerprint density at radius 2 is 2.04 bits per heavy atom. The van der Waals surface area contributed by atoms with Gasteiger partial charge in [-0.2, -0.15) is 8.78 Å². The largest absolute Gasteiger partial charge is 0.435 e. The van der Waals surface area contributed by atoms with Crippen LogP contribution in [0.15, 0.2) is 24.3 Å². The van der Waals surface area contributed by atoms with Crippen molar-refractivity contribution in [2.24, 2.45) is 5.73 Å². The van der Waals surface area contributed by atoms with E-state index in [1.807, 2.05) is 0 Å². The molecule has 1 fully saturated rings. The Kier molecular flexibility index (Phi) is 9.70. The van der Waals surface area contributed by atoms with Crippen LogP contribution in [0, 0.1) is 0 Å². The van der Waals surface area contributed by atoms with Crippen LogP contribution >= 0.6 is 12.4 Å². The van der Waals surface area contributed by atoms with E-state index >= 15 is 0 Å². The summed E-state index contributed by atoms with van der Waals surface area (Å²) in [6.07, 6.45) is 3.66. The van der Waals surface area contributed by atoms with Crippen LogP contribution in [0.25, 0.3) is 0 Å². The van der Waals surface area contributed by atoms with Crippen molar-refractivity contribution in [1.82, 2.24) is 10.2 Å². The third kappa shape index (κ3) is 7.54. The standard InChI is InChI=1S/C17H25F2N3O2.ClH/c18-17(19)24-15-6-4-13(5-7-15)12-22-10-2-1-3-14(22)11-21-16(23)8-9-20;/h4-7,14,17H,1-3,8-12,20H2,(H,21,23);1H. The third-order valence-electron chi connectivity index (χ3n) is 4.19. The van der Waals surface area contributed by atoms with Crippen molar-refractivity contribution in [3.63, 3.8) is 0 Å². The molecule has 5 nitrogen and oxygen atoms in total. The Bertz CT molecular complexity index is 517. The van der Waals surface area contributed by atoms with E-state index < -0.39 is 6.61 Å². The van der Waals surface area contributed by atoms with Crippen LogP contribution < -0.4 is 15.8 Å². The van der Waals surface area contributed by atoms with Crippen LogP contribution in [0.1, 0.15) is 31.2 Å². The van der Waals surface area contributed by atoms with Gasteiger partial charge in [-0.3, -0.25) is 9.69 Å². The van der Waals surface area contributed by atoms with E-state index in [-0.39, 0.29) is 30.1 Å². The molecule has 0 radical (unpaired) electrons. The molecule has 0 spiro atoms. The number of amides is 1. The van der Waals surface area contributed by atoms with Gasteiger partial charge in [-0.1, -0.05) is 18.6 Å². The second kappa shape index (κ2) is 11.2. The average molecular weight is 378 g/mol. The van der Waals surface area contributed by atoms with Crippen LogP contribution in [0.4, 0.5) is 8.78 Å². The number of ether oxygens (including phenoxy) is 1. The molecule has 1 heterocycles. The van der Waals surface area contributed by atoms with Gasteiger partial charge in [0, 0.05) is 32.1 Å². The number of carbonyl (C=O) groups is 1. The summed E-state index contributed by atoms with van der Waals surface area (Å²) in [6.45, 7) is -0.142. The van der Waals surface area contributed by atoms with Crippen molar-refractivity contribution < 1.29 is 18.3 Å². The first-order chi connectivity index (χ1) is 11.6. The maximum absolute atomic E-state index is 12.2. The van der Waals surface area contributed by atoms with Gasteiger partial charge in [0.15, 0.2) is 0 Å². The lowest BCUT2D eigenvalue weighted by Crippen LogP contribution is -2.46. The fraction of sp³-hybridized carbons (Fsp3) is 0.588. The van der Waals surface area contributed by atoms with Crippen molar-refractivity contribution >= 4 is 18.3 Å². The van der Waals surface area contributed by atoms with E-state index in [9.17, 15) is 13.6 Å². The van der Waals surface area contributed by atoms with Gasteiger partial charge in [-0.05, 0) is 37.1 Å². The Morgan fingerprint density at radius 1 is 1.32 bits per heavy atom. The van der Waals surface area contributed by atoms with E-state index in [2.05, 4.69) is 15.0 Å². The second-order valence-electron chi connectivity index (χ2n) is 5.99. The summed E-state index contributed by atoms with van der Waals surface area (Å²) in [5.74, 6) is 0.148. The summed E-state index contributed by atoms with van der Waals surface area (Å²) in [6, 6.07) is 7.01. The number of rotatable bonds is 8. The lowest BCUT2D eigenvalue weighted by molar-refractivity contribution is -0.121. The summed E-state index contributed by atoms with van der Waals surface area (Å²) >= 11 is 0. The van der Waals surface area contributed by atoms with Crippen molar-refractivity contribution in [3.05, 3.63) is 29.8 Å². The molecule has 0 aliphatic carbocycles. The lowest BCUT2D eigenvalue weighted by atomic mass is 10.0. The first-order valence-corrected chi connectivity index (χ1v) is 8.33. The number of nitrogens with two attached hydrogens (primary N) is 1. The van der Waals surface area contributed by atoms with Gasteiger partial charge in [0.1, 0.15) is 5.75 Å². The van der Waals surface area contributed by atoms with E-state index in [1.165, 1.54) is 0 Å². The molecule has 1 amide bonds. The molecule has 1 unspecified atom stereocenters. The molecule has 1 aromatic carbocycles. The molecule has 0 saturated carbocycles. The van der Waals surface area contributed by atoms with E-state index in [0.717, 1.165) is 37.9 Å². The van der Waals surface area contributed by atoms with Crippen LogP contribution in [-0.2, 0) is 11.3 Å². The van der Waals surface area contributed by atoms with Gasteiger partial charge in [-0.25, -0.2) is 0 Å². The number of nitrogens with zero attached hydrogens (tertiary/aromatic N) is 1. The lowest BCUT2D eigenvalue weighted by Gasteiger charge is -2.36. The normalized spacial score (nSPS) is 17.8. The molecule has 0 bridgehead atoms. The van der Waals surface area contributed by atoms with Crippen molar-refractivity contribution in [2.45, 2.75) is 44.9 Å². The first kappa shape index (κ1) is 21.6.